The molecule has 20 heavy (non-hydrogen) atoms. The van der Waals surface area contributed by atoms with Crippen LogP contribution in [0.25, 0.3) is 0 Å². The van der Waals surface area contributed by atoms with Gasteiger partial charge < -0.3 is 15.0 Å². The zero-order valence-electron chi connectivity index (χ0n) is 10.0. The third-order valence-electron chi connectivity index (χ3n) is 2.22. The smallest absolute Gasteiger partial charge is 0.323 e. The van der Waals surface area contributed by atoms with Crippen LogP contribution < -0.4 is 5.56 Å². The zero-order valence-corrected chi connectivity index (χ0v) is 10.0. The van der Waals surface area contributed by atoms with Crippen molar-refractivity contribution in [3.05, 3.63) is 38.3 Å². The number of nitrogens with one attached hydrogen (secondary N) is 1. The SMILES string of the molecule is C#CCN(CC(=O)O)C(=O)c1cc([N+](=O)[O-])c[nH]c1=O. The molecule has 104 valence electrons. The highest BCUT2D eigenvalue weighted by atomic mass is 16.6. The highest BCUT2D eigenvalue weighted by Gasteiger charge is 2.22. The number of carboxylic acid groups (broad SMARTS) is 1. The summed E-state index contributed by atoms with van der Waals surface area (Å²) < 4.78 is 0. The third kappa shape index (κ3) is 3.42. The van der Waals surface area contributed by atoms with E-state index in [0.717, 1.165) is 17.2 Å². The van der Waals surface area contributed by atoms with Gasteiger partial charge in [-0.15, -0.1) is 6.42 Å². The van der Waals surface area contributed by atoms with Crippen LogP contribution in [0.4, 0.5) is 5.69 Å². The maximum absolute atomic E-state index is 12.0. The number of hydrogen-bond donors (Lipinski definition) is 2. The molecule has 1 heterocycles. The van der Waals surface area contributed by atoms with E-state index in [2.05, 4.69) is 5.92 Å². The molecule has 0 spiro atoms. The fourth-order valence-corrected chi connectivity index (χ4v) is 1.38. The summed E-state index contributed by atoms with van der Waals surface area (Å²) in [4.78, 5) is 46.7. The monoisotopic (exact) mass is 279 g/mol. The van der Waals surface area contributed by atoms with Crippen LogP contribution in [0.3, 0.4) is 0 Å². The number of amides is 1. The van der Waals surface area contributed by atoms with Crippen LogP contribution in [0.15, 0.2) is 17.1 Å². The molecule has 0 saturated heterocycles. The first-order valence-electron chi connectivity index (χ1n) is 5.18. The van der Waals surface area contributed by atoms with Crippen molar-refractivity contribution in [3.8, 4) is 12.3 Å². The molecule has 0 saturated carbocycles. The van der Waals surface area contributed by atoms with Gasteiger partial charge in [0, 0.05) is 6.07 Å². The van der Waals surface area contributed by atoms with Gasteiger partial charge in [0.2, 0.25) is 0 Å². The number of H-pyrrole nitrogens is 1. The van der Waals surface area contributed by atoms with E-state index < -0.39 is 40.2 Å². The van der Waals surface area contributed by atoms with Crippen molar-refractivity contribution in [3.63, 3.8) is 0 Å². The number of hydrogen-bond acceptors (Lipinski definition) is 5. The molecule has 2 N–H and O–H groups in total. The molecule has 1 aromatic rings. The number of carbonyl (C=O) groups excluding carboxylic acids is 1. The highest BCUT2D eigenvalue weighted by Crippen LogP contribution is 2.10. The van der Waals surface area contributed by atoms with E-state index in [4.69, 9.17) is 11.5 Å². The van der Waals surface area contributed by atoms with E-state index in [1.165, 1.54) is 0 Å². The van der Waals surface area contributed by atoms with Crippen LogP contribution in [0.1, 0.15) is 10.4 Å². The van der Waals surface area contributed by atoms with Crippen molar-refractivity contribution < 1.29 is 19.6 Å². The second-order valence-corrected chi connectivity index (χ2v) is 3.62. The van der Waals surface area contributed by atoms with Gasteiger partial charge in [0.05, 0.1) is 17.7 Å². The average Bonchev–Trinajstić information content (AvgIpc) is 2.37. The number of nitrogens with zero attached hydrogens (tertiary/aromatic N) is 2. The first kappa shape index (κ1) is 14.9. The maximum Gasteiger partial charge on any atom is 0.323 e. The summed E-state index contributed by atoms with van der Waals surface area (Å²) in [6, 6.07) is 0.770. The molecule has 0 aromatic carbocycles. The number of aromatic nitrogens is 1. The molecule has 0 fully saturated rings. The van der Waals surface area contributed by atoms with E-state index in [0.29, 0.717) is 0 Å². The van der Waals surface area contributed by atoms with Gasteiger partial charge in [0.1, 0.15) is 12.1 Å². The number of pyridine rings is 1. The molecular formula is C11H9N3O6. The lowest BCUT2D eigenvalue weighted by atomic mass is 10.2. The molecule has 9 nitrogen and oxygen atoms in total. The third-order valence-corrected chi connectivity index (χ3v) is 2.22. The molecule has 0 aliphatic rings. The van der Waals surface area contributed by atoms with Crippen LogP contribution in [0.2, 0.25) is 0 Å². The molecule has 0 radical (unpaired) electrons. The van der Waals surface area contributed by atoms with Gasteiger partial charge in [-0.05, 0) is 0 Å². The summed E-state index contributed by atoms with van der Waals surface area (Å²) in [5, 5.41) is 19.3. The molecule has 0 aliphatic carbocycles. The van der Waals surface area contributed by atoms with Gasteiger partial charge in [-0.1, -0.05) is 5.92 Å². The average molecular weight is 279 g/mol. The lowest BCUT2D eigenvalue weighted by Gasteiger charge is -2.17. The predicted molar refractivity (Wildman–Crippen MR) is 66.1 cm³/mol. The summed E-state index contributed by atoms with van der Waals surface area (Å²) in [6.07, 6.45) is 5.84. The summed E-state index contributed by atoms with van der Waals surface area (Å²) in [7, 11) is 0. The Morgan fingerprint density at radius 1 is 1.55 bits per heavy atom. The summed E-state index contributed by atoms with van der Waals surface area (Å²) in [5.74, 6) is -0.238. The molecule has 1 amide bonds. The maximum atomic E-state index is 12.0. The van der Waals surface area contributed by atoms with E-state index in [1.54, 1.807) is 0 Å². The van der Waals surface area contributed by atoms with Crippen molar-refractivity contribution in [2.75, 3.05) is 13.1 Å². The van der Waals surface area contributed by atoms with Crippen molar-refractivity contribution in [1.29, 1.82) is 0 Å². The second-order valence-electron chi connectivity index (χ2n) is 3.62. The molecule has 0 atom stereocenters. The number of carboxylic acids is 1. The van der Waals surface area contributed by atoms with Gasteiger partial charge in [-0.3, -0.25) is 24.5 Å². The summed E-state index contributed by atoms with van der Waals surface area (Å²) >= 11 is 0. The van der Waals surface area contributed by atoms with E-state index >= 15 is 0 Å². The van der Waals surface area contributed by atoms with E-state index in [9.17, 15) is 24.5 Å². The summed E-state index contributed by atoms with van der Waals surface area (Å²) in [5.41, 5.74) is -1.91. The topological polar surface area (TPSA) is 134 Å². The normalized spacial score (nSPS) is 9.55. The second kappa shape index (κ2) is 6.14. The summed E-state index contributed by atoms with van der Waals surface area (Å²) in [6.45, 7) is -1.06. The van der Waals surface area contributed by atoms with Crippen LogP contribution in [-0.4, -0.2) is 44.9 Å². The van der Waals surface area contributed by atoms with Crippen LogP contribution >= 0.6 is 0 Å². The van der Waals surface area contributed by atoms with Gasteiger partial charge in [0.15, 0.2) is 0 Å². The Balaban J connectivity index is 3.20. The Morgan fingerprint density at radius 3 is 2.70 bits per heavy atom. The van der Waals surface area contributed by atoms with Crippen LogP contribution in [0, 0.1) is 22.5 Å². The van der Waals surface area contributed by atoms with Gasteiger partial charge >= 0.3 is 5.97 Å². The molecule has 0 aliphatic heterocycles. The molecule has 9 heteroatoms. The van der Waals surface area contributed by atoms with Crippen molar-refractivity contribution in [1.82, 2.24) is 9.88 Å². The number of rotatable bonds is 5. The van der Waals surface area contributed by atoms with Crippen LogP contribution in [-0.2, 0) is 4.79 Å². The van der Waals surface area contributed by atoms with Crippen molar-refractivity contribution in [2.45, 2.75) is 0 Å². The van der Waals surface area contributed by atoms with E-state index in [-0.39, 0.29) is 6.54 Å². The number of carbonyl (C=O) groups is 2. The predicted octanol–water partition coefficient (Wildman–Crippen LogP) is -0.557. The van der Waals surface area contributed by atoms with Crippen LogP contribution in [0.5, 0.6) is 0 Å². The standard InChI is InChI=1S/C11H9N3O6/c1-2-3-13(6-9(15)16)11(18)8-4-7(14(19)20)5-12-10(8)17/h1,4-5H,3,6H2,(H,12,17)(H,15,16). The Labute approximate surface area is 112 Å². The van der Waals surface area contributed by atoms with Gasteiger partial charge in [-0.25, -0.2) is 0 Å². The number of aromatic amines is 1. The highest BCUT2D eigenvalue weighted by molar-refractivity contribution is 5.96. The Bertz CT molecular complexity index is 657. The molecular weight excluding hydrogens is 270 g/mol. The molecule has 1 rings (SSSR count). The quantitative estimate of drug-likeness (QED) is 0.421. The largest absolute Gasteiger partial charge is 0.480 e. The first-order valence-corrected chi connectivity index (χ1v) is 5.18. The van der Waals surface area contributed by atoms with Crippen molar-refractivity contribution in [2.24, 2.45) is 0 Å². The molecule has 1 aromatic heterocycles. The first-order chi connectivity index (χ1) is 9.36. The molecule has 0 unspecified atom stereocenters. The van der Waals surface area contributed by atoms with Gasteiger partial charge in [0.25, 0.3) is 17.2 Å². The fraction of sp³-hybridized carbons (Fsp3) is 0.182. The lowest BCUT2D eigenvalue weighted by molar-refractivity contribution is -0.385. The minimum Gasteiger partial charge on any atom is -0.480 e. The number of terminal acetylenes is 1. The Kier molecular flexibility index (Phi) is 4.58. The fourth-order valence-electron chi connectivity index (χ4n) is 1.38. The minimum atomic E-state index is -1.32. The minimum absolute atomic E-state index is 0.340. The van der Waals surface area contributed by atoms with Crippen molar-refractivity contribution >= 4 is 17.6 Å². The number of aliphatic carboxylic acids is 1. The van der Waals surface area contributed by atoms with E-state index in [1.807, 2.05) is 4.98 Å². The lowest BCUT2D eigenvalue weighted by Crippen LogP contribution is -2.38. The molecule has 0 bridgehead atoms. The van der Waals surface area contributed by atoms with Gasteiger partial charge in [-0.2, -0.15) is 0 Å². The number of nitro groups is 1. The Hall–Kier alpha value is -3.15. The zero-order chi connectivity index (χ0) is 15.3. The Morgan fingerprint density at radius 2 is 2.20 bits per heavy atom.